The molecule has 1 aliphatic rings. The molecule has 262 valence electrons. The van der Waals surface area contributed by atoms with E-state index in [9.17, 15) is 9.59 Å². The fourth-order valence-electron chi connectivity index (χ4n) is 5.33. The van der Waals surface area contributed by atoms with E-state index >= 15 is 0 Å². The van der Waals surface area contributed by atoms with E-state index in [0.717, 1.165) is 66.3 Å². The van der Waals surface area contributed by atoms with E-state index < -0.39 is 11.8 Å². The zero-order valence-corrected chi connectivity index (χ0v) is 29.8. The molecule has 6 rings (SSSR count). The highest BCUT2D eigenvalue weighted by Gasteiger charge is 2.11. The van der Waals surface area contributed by atoms with Gasteiger partial charge >= 0.3 is 0 Å². The number of amides is 2. The van der Waals surface area contributed by atoms with Crippen molar-refractivity contribution >= 4 is 34.5 Å². The molecule has 0 radical (unpaired) electrons. The second-order valence-corrected chi connectivity index (χ2v) is 13.9. The van der Waals surface area contributed by atoms with E-state index in [2.05, 4.69) is 102 Å². The zero-order chi connectivity index (χ0) is 35.7. The second kappa shape index (κ2) is 20.0. The number of allylic oxidation sites excluding steroid dienone is 5. The van der Waals surface area contributed by atoms with Gasteiger partial charge in [0.1, 0.15) is 0 Å². The average molecular weight is 719 g/mol. The predicted octanol–water partition coefficient (Wildman–Crippen LogP) is 8.32. The molecule has 6 N–H and O–H groups in total. The van der Waals surface area contributed by atoms with E-state index in [1.165, 1.54) is 44.9 Å². The highest BCUT2D eigenvalue weighted by atomic mass is 32.1. The lowest BCUT2D eigenvalue weighted by molar-refractivity contribution is 0.0706. The Morgan fingerprint density at radius 1 is 0.608 bits per heavy atom. The molecule has 0 aliphatic heterocycles. The number of hydrogen-bond donors (Lipinski definition) is 6. The molecule has 51 heavy (non-hydrogen) atoms. The molecule has 5 aromatic rings. The molecule has 0 fully saturated rings. The molecule has 1 aliphatic carbocycles. The number of hydrogen-bond acceptors (Lipinski definition) is 8. The number of rotatable bonds is 14. The second-order valence-electron chi connectivity index (χ2n) is 11.8. The van der Waals surface area contributed by atoms with Gasteiger partial charge in [0.05, 0.1) is 9.75 Å². The van der Waals surface area contributed by atoms with Crippen LogP contribution in [0.2, 0.25) is 0 Å². The molecular weight excluding hydrogens is 677 g/mol. The van der Waals surface area contributed by atoms with Crippen molar-refractivity contribution in [2.45, 2.75) is 32.4 Å². The van der Waals surface area contributed by atoms with Gasteiger partial charge in [-0.1, -0.05) is 103 Å². The fraction of sp³-hybridized carbons (Fsp3) is 0.171. The summed E-state index contributed by atoms with van der Waals surface area (Å²) in [6, 6.07) is 34.3. The van der Waals surface area contributed by atoms with E-state index in [-0.39, 0.29) is 0 Å². The molecule has 0 saturated heterocycles. The van der Waals surface area contributed by atoms with E-state index in [1.807, 2.05) is 30.3 Å². The van der Waals surface area contributed by atoms with Crippen LogP contribution in [0.3, 0.4) is 0 Å². The molecule has 8 nitrogen and oxygen atoms in total. The van der Waals surface area contributed by atoms with Crippen LogP contribution in [-0.4, -0.2) is 35.3 Å². The Morgan fingerprint density at radius 3 is 1.92 bits per heavy atom. The Morgan fingerprint density at radius 2 is 1.24 bits per heavy atom. The van der Waals surface area contributed by atoms with Crippen LogP contribution in [-0.2, 0) is 19.5 Å². The molecule has 0 bridgehead atoms. The summed E-state index contributed by atoms with van der Waals surface area (Å²) in [6.07, 6.45) is 13.8. The first-order chi connectivity index (χ1) is 25.0. The number of thiophene rings is 2. The first kappa shape index (κ1) is 37.3. The Bertz CT molecular complexity index is 1950. The van der Waals surface area contributed by atoms with Crippen molar-refractivity contribution in [3.05, 3.63) is 166 Å². The summed E-state index contributed by atoms with van der Waals surface area (Å²) in [7, 11) is 0. The first-order valence-corrected chi connectivity index (χ1v) is 18.4. The third-order valence-corrected chi connectivity index (χ3v) is 10.3. The van der Waals surface area contributed by atoms with Gasteiger partial charge in [-0.15, -0.1) is 22.7 Å². The molecule has 0 atom stereocenters. The average Bonchev–Trinajstić information content (AvgIpc) is 3.81. The largest absolute Gasteiger partial charge is 0.312 e. The van der Waals surface area contributed by atoms with Crippen molar-refractivity contribution in [2.75, 3.05) is 13.1 Å². The smallest absolute Gasteiger partial charge is 0.284 e. The number of benzene rings is 3. The van der Waals surface area contributed by atoms with Gasteiger partial charge in [-0.25, -0.2) is 11.0 Å². The maximum Gasteiger partial charge on any atom is 0.284 e. The molecule has 10 heteroatoms. The molecule has 0 saturated carbocycles. The van der Waals surface area contributed by atoms with Crippen molar-refractivity contribution < 1.29 is 20.0 Å². The lowest BCUT2D eigenvalue weighted by atomic mass is 10.1. The van der Waals surface area contributed by atoms with Gasteiger partial charge in [-0.05, 0) is 96.1 Å². The minimum absolute atomic E-state index is 0.476. The third-order valence-electron chi connectivity index (χ3n) is 8.05. The molecule has 2 amide bonds. The van der Waals surface area contributed by atoms with Gasteiger partial charge in [0.2, 0.25) is 0 Å². The summed E-state index contributed by atoms with van der Waals surface area (Å²) < 4.78 is 0. The van der Waals surface area contributed by atoms with Crippen molar-refractivity contribution in [3.63, 3.8) is 0 Å². The number of carbonyl (C=O) groups is 2. The van der Waals surface area contributed by atoms with Crippen molar-refractivity contribution in [2.24, 2.45) is 0 Å². The predicted molar refractivity (Wildman–Crippen MR) is 207 cm³/mol. The van der Waals surface area contributed by atoms with Crippen molar-refractivity contribution in [3.8, 4) is 20.9 Å². The quantitative estimate of drug-likeness (QED) is 0.0390. The Balaban J connectivity index is 0.000000198. The molecule has 2 heterocycles. The highest BCUT2D eigenvalue weighted by molar-refractivity contribution is 7.17. The van der Waals surface area contributed by atoms with Crippen LogP contribution >= 0.6 is 22.7 Å². The van der Waals surface area contributed by atoms with Crippen LogP contribution in [0.1, 0.15) is 48.9 Å². The van der Waals surface area contributed by atoms with E-state index in [4.69, 9.17) is 10.4 Å². The van der Waals surface area contributed by atoms with Crippen molar-refractivity contribution in [1.29, 1.82) is 0 Å². The number of nitrogens with one attached hydrogen (secondary N) is 4. The lowest BCUT2D eigenvalue weighted by Crippen LogP contribution is -2.16. The Labute approximate surface area is 306 Å². The first-order valence-electron chi connectivity index (χ1n) is 16.8. The minimum atomic E-state index is -0.476. The van der Waals surface area contributed by atoms with Crippen molar-refractivity contribution in [1.82, 2.24) is 21.6 Å². The molecule has 2 aromatic heterocycles. The van der Waals surface area contributed by atoms with Gasteiger partial charge in [0, 0.05) is 22.8 Å². The van der Waals surface area contributed by atoms with Gasteiger partial charge in [-0.2, -0.15) is 0 Å². The van der Waals surface area contributed by atoms with Crippen LogP contribution < -0.4 is 21.6 Å². The monoisotopic (exact) mass is 718 g/mol. The molecule has 0 spiro atoms. The van der Waals surface area contributed by atoms with Crippen LogP contribution in [0.15, 0.2) is 139 Å². The lowest BCUT2D eigenvalue weighted by Gasteiger charge is -2.07. The summed E-state index contributed by atoms with van der Waals surface area (Å²) in [6.45, 7) is 3.50. The normalized spacial score (nSPS) is 12.0. The van der Waals surface area contributed by atoms with E-state index in [1.54, 1.807) is 23.1 Å². The summed E-state index contributed by atoms with van der Waals surface area (Å²) in [5.74, 6) is -0.953. The van der Waals surface area contributed by atoms with Crippen LogP contribution in [0.25, 0.3) is 20.9 Å². The molecule has 0 unspecified atom stereocenters. The summed E-state index contributed by atoms with van der Waals surface area (Å²) in [4.78, 5) is 25.9. The Hall–Kier alpha value is -4.94. The fourth-order valence-corrected chi connectivity index (χ4v) is 7.12. The SMILES string of the molecule is O=C(NO)c1ccc(-c2ccc(CNCCc3ccccc3)cc2)s1.O=C(NO)c1ccc(-c2cccc(CNCCC3=CC=CCC=C3)c2)s1. The summed E-state index contributed by atoms with van der Waals surface area (Å²) in [5, 5.41) is 24.4. The highest BCUT2D eigenvalue weighted by Crippen LogP contribution is 2.29. The molecular formula is C41H42N4O4S2. The number of hydroxylamine groups is 2. The standard InChI is InChI=1S/C21H22N2O2S.C20H20N2O2S/c24-21(23-25)20-11-10-19(26-20)18-9-5-8-17(14-18)15-22-13-12-16-6-3-1-2-4-7-16;23-20(22-24)19-11-10-18(25-19)17-8-6-16(7-9-17)14-21-13-12-15-4-2-1-3-5-15/h1,3-11,14,22,25H,2,12-13,15H2,(H,23,24);1-11,21,24H,12-14H2,(H,22,23). The maximum absolute atomic E-state index is 11.5. The third kappa shape index (κ3) is 11.8. The number of carbonyl (C=O) groups excluding carboxylic acids is 2. The van der Waals surface area contributed by atoms with Crippen LogP contribution in [0.4, 0.5) is 0 Å². The van der Waals surface area contributed by atoms with Gasteiger partial charge < -0.3 is 10.6 Å². The molecule has 3 aromatic carbocycles. The van der Waals surface area contributed by atoms with Crippen LogP contribution in [0.5, 0.6) is 0 Å². The zero-order valence-electron chi connectivity index (χ0n) is 28.2. The summed E-state index contributed by atoms with van der Waals surface area (Å²) >= 11 is 2.72. The van der Waals surface area contributed by atoms with Crippen LogP contribution in [0, 0.1) is 0 Å². The topological polar surface area (TPSA) is 123 Å². The summed E-state index contributed by atoms with van der Waals surface area (Å²) in [5.41, 5.74) is 10.6. The Kier molecular flexibility index (Phi) is 14.7. The van der Waals surface area contributed by atoms with Gasteiger partial charge in [0.15, 0.2) is 0 Å². The van der Waals surface area contributed by atoms with Gasteiger partial charge in [-0.3, -0.25) is 20.0 Å². The van der Waals surface area contributed by atoms with Gasteiger partial charge in [0.25, 0.3) is 11.8 Å². The maximum atomic E-state index is 11.5. The minimum Gasteiger partial charge on any atom is -0.312 e. The van der Waals surface area contributed by atoms with E-state index in [0.29, 0.717) is 9.75 Å².